The molecule has 3 nitrogen and oxygen atoms in total. The Bertz CT molecular complexity index is 240. The fourth-order valence-corrected chi connectivity index (χ4v) is 0.529. The highest BCUT2D eigenvalue weighted by atomic mass is 19.1. The van der Waals surface area contributed by atoms with Gasteiger partial charge < -0.3 is 4.74 Å². The summed E-state index contributed by atoms with van der Waals surface area (Å²) in [5.41, 5.74) is 0.298. The molecule has 0 aliphatic carbocycles. The van der Waals surface area contributed by atoms with Crippen LogP contribution in [0.4, 0.5) is 4.39 Å². The smallest absolute Gasteiger partial charge is 0.316 e. The van der Waals surface area contributed by atoms with Crippen LogP contribution in [0, 0.1) is 12.7 Å². The molecule has 1 rings (SSSR count). The monoisotopic (exact) mass is 172 g/mol. The van der Waals surface area contributed by atoms with Gasteiger partial charge in [0, 0.05) is 0 Å². The standard InChI is InChI=1S/C6H7FN2O.C2H6/c1-4-5(7)3-8-6(9-4)10-2;1-2/h3H,1-2H3;1-2H3. The molecular weight excluding hydrogens is 159 g/mol. The number of aromatic nitrogens is 2. The molecule has 1 heterocycles. The van der Waals surface area contributed by atoms with E-state index in [-0.39, 0.29) is 6.01 Å². The Morgan fingerprint density at radius 3 is 2.42 bits per heavy atom. The lowest BCUT2D eigenvalue weighted by Crippen LogP contribution is -1.95. The van der Waals surface area contributed by atoms with Crippen LogP contribution in [0.3, 0.4) is 0 Å². The van der Waals surface area contributed by atoms with Gasteiger partial charge in [0.05, 0.1) is 19.0 Å². The molecule has 0 aromatic carbocycles. The minimum Gasteiger partial charge on any atom is -0.467 e. The molecule has 12 heavy (non-hydrogen) atoms. The lowest BCUT2D eigenvalue weighted by molar-refractivity contribution is 0.375. The first-order valence-corrected chi connectivity index (χ1v) is 3.77. The Labute approximate surface area is 71.6 Å². The lowest BCUT2D eigenvalue weighted by Gasteiger charge is -1.97. The average Bonchev–Trinajstić information content (AvgIpc) is 2.13. The fraction of sp³-hybridized carbons (Fsp3) is 0.500. The van der Waals surface area contributed by atoms with Crippen LogP contribution in [-0.2, 0) is 0 Å². The zero-order chi connectivity index (χ0) is 9.56. The van der Waals surface area contributed by atoms with E-state index in [0.29, 0.717) is 5.69 Å². The predicted molar refractivity (Wildman–Crippen MR) is 44.6 cm³/mol. The second-order valence-corrected chi connectivity index (χ2v) is 1.79. The highest BCUT2D eigenvalue weighted by Gasteiger charge is 1.99. The number of methoxy groups -OCH3 is 1. The molecule has 0 aliphatic heterocycles. The molecule has 0 radical (unpaired) electrons. The summed E-state index contributed by atoms with van der Waals surface area (Å²) >= 11 is 0. The second-order valence-electron chi connectivity index (χ2n) is 1.79. The fourth-order valence-electron chi connectivity index (χ4n) is 0.529. The number of nitrogens with zero attached hydrogens (tertiary/aromatic N) is 2. The van der Waals surface area contributed by atoms with Crippen molar-refractivity contribution < 1.29 is 9.13 Å². The summed E-state index contributed by atoms with van der Waals surface area (Å²) in [5.74, 6) is -0.416. The molecule has 0 aliphatic rings. The molecule has 0 fully saturated rings. The molecule has 0 saturated heterocycles. The van der Waals surface area contributed by atoms with Gasteiger partial charge in [-0.3, -0.25) is 0 Å². The van der Waals surface area contributed by atoms with E-state index in [2.05, 4.69) is 14.7 Å². The van der Waals surface area contributed by atoms with Crippen LogP contribution in [-0.4, -0.2) is 17.1 Å². The van der Waals surface area contributed by atoms with Crippen molar-refractivity contribution in [2.45, 2.75) is 20.8 Å². The minimum atomic E-state index is -0.416. The highest BCUT2D eigenvalue weighted by Crippen LogP contribution is 2.04. The third-order valence-corrected chi connectivity index (χ3v) is 1.08. The first kappa shape index (κ1) is 10.8. The molecule has 0 atom stereocenters. The number of aryl methyl sites for hydroxylation is 1. The Hall–Kier alpha value is -1.19. The van der Waals surface area contributed by atoms with Crippen molar-refractivity contribution in [3.05, 3.63) is 17.7 Å². The summed E-state index contributed by atoms with van der Waals surface area (Å²) in [6.07, 6.45) is 1.08. The molecule has 1 aromatic heterocycles. The summed E-state index contributed by atoms with van der Waals surface area (Å²) in [6, 6.07) is 0.193. The summed E-state index contributed by atoms with van der Waals surface area (Å²) < 4.78 is 17.1. The van der Waals surface area contributed by atoms with Crippen molar-refractivity contribution in [3.63, 3.8) is 0 Å². The van der Waals surface area contributed by atoms with Crippen LogP contribution in [0.25, 0.3) is 0 Å². The Morgan fingerprint density at radius 1 is 1.42 bits per heavy atom. The first-order chi connectivity index (χ1) is 5.74. The molecular formula is C8H13FN2O. The Balaban J connectivity index is 0.000000561. The van der Waals surface area contributed by atoms with Crippen molar-refractivity contribution in [3.8, 4) is 6.01 Å². The van der Waals surface area contributed by atoms with E-state index in [4.69, 9.17) is 0 Å². The minimum absolute atomic E-state index is 0.193. The van der Waals surface area contributed by atoms with Crippen LogP contribution in [0.1, 0.15) is 19.5 Å². The van der Waals surface area contributed by atoms with Gasteiger partial charge in [0.2, 0.25) is 0 Å². The normalized spacial score (nSPS) is 8.42. The highest BCUT2D eigenvalue weighted by molar-refractivity contribution is 5.05. The number of hydrogen-bond donors (Lipinski definition) is 0. The summed E-state index contributed by atoms with van der Waals surface area (Å²) in [7, 11) is 1.44. The topological polar surface area (TPSA) is 35.0 Å². The quantitative estimate of drug-likeness (QED) is 0.649. The van der Waals surface area contributed by atoms with Crippen LogP contribution in [0.2, 0.25) is 0 Å². The van der Waals surface area contributed by atoms with E-state index < -0.39 is 5.82 Å². The lowest BCUT2D eigenvalue weighted by atomic mass is 10.4. The number of hydrogen-bond acceptors (Lipinski definition) is 3. The van der Waals surface area contributed by atoms with Crippen LogP contribution >= 0.6 is 0 Å². The van der Waals surface area contributed by atoms with Gasteiger partial charge in [-0.15, -0.1) is 0 Å². The summed E-state index contributed by atoms with van der Waals surface area (Å²) in [6.45, 7) is 5.56. The van der Waals surface area contributed by atoms with Gasteiger partial charge in [0.25, 0.3) is 0 Å². The SMILES string of the molecule is CC.COc1ncc(F)c(C)n1. The van der Waals surface area contributed by atoms with Crippen molar-refractivity contribution in [2.24, 2.45) is 0 Å². The van der Waals surface area contributed by atoms with E-state index >= 15 is 0 Å². The number of rotatable bonds is 1. The maximum Gasteiger partial charge on any atom is 0.316 e. The van der Waals surface area contributed by atoms with Gasteiger partial charge in [-0.2, -0.15) is 4.98 Å². The number of ether oxygens (including phenoxy) is 1. The van der Waals surface area contributed by atoms with E-state index in [0.717, 1.165) is 6.20 Å². The van der Waals surface area contributed by atoms with Crippen molar-refractivity contribution in [1.82, 2.24) is 9.97 Å². The van der Waals surface area contributed by atoms with Gasteiger partial charge in [0.1, 0.15) is 0 Å². The first-order valence-electron chi connectivity index (χ1n) is 3.77. The number of halogens is 1. The Kier molecular flexibility index (Phi) is 4.92. The van der Waals surface area contributed by atoms with Gasteiger partial charge in [-0.1, -0.05) is 13.8 Å². The molecule has 0 unspecified atom stereocenters. The van der Waals surface area contributed by atoms with Crippen molar-refractivity contribution in [2.75, 3.05) is 7.11 Å². The zero-order valence-corrected chi connectivity index (χ0v) is 7.76. The molecule has 0 spiro atoms. The molecule has 0 N–H and O–H groups in total. The molecule has 0 saturated carbocycles. The molecule has 0 amide bonds. The maximum atomic E-state index is 12.5. The van der Waals surface area contributed by atoms with Gasteiger partial charge in [-0.05, 0) is 6.92 Å². The van der Waals surface area contributed by atoms with E-state index in [9.17, 15) is 4.39 Å². The molecule has 68 valence electrons. The third kappa shape index (κ3) is 2.82. The van der Waals surface area contributed by atoms with Crippen LogP contribution in [0.15, 0.2) is 6.20 Å². The largest absolute Gasteiger partial charge is 0.467 e. The summed E-state index contributed by atoms with van der Waals surface area (Å²) in [4.78, 5) is 7.23. The summed E-state index contributed by atoms with van der Waals surface area (Å²) in [5, 5.41) is 0. The maximum absolute atomic E-state index is 12.5. The molecule has 0 bridgehead atoms. The van der Waals surface area contributed by atoms with Gasteiger partial charge in [0.15, 0.2) is 5.82 Å². The second kappa shape index (κ2) is 5.46. The third-order valence-electron chi connectivity index (χ3n) is 1.08. The van der Waals surface area contributed by atoms with Crippen molar-refractivity contribution in [1.29, 1.82) is 0 Å². The predicted octanol–water partition coefficient (Wildman–Crippen LogP) is 1.96. The average molecular weight is 172 g/mol. The van der Waals surface area contributed by atoms with Crippen LogP contribution < -0.4 is 4.74 Å². The zero-order valence-electron chi connectivity index (χ0n) is 7.76. The van der Waals surface area contributed by atoms with Crippen molar-refractivity contribution >= 4 is 0 Å². The van der Waals surface area contributed by atoms with Gasteiger partial charge >= 0.3 is 6.01 Å². The van der Waals surface area contributed by atoms with E-state index in [1.807, 2.05) is 13.8 Å². The molecule has 4 heteroatoms. The Morgan fingerprint density at radius 2 is 2.00 bits per heavy atom. The molecule has 1 aromatic rings. The van der Waals surface area contributed by atoms with Crippen LogP contribution in [0.5, 0.6) is 6.01 Å². The van der Waals surface area contributed by atoms with Gasteiger partial charge in [-0.25, -0.2) is 9.37 Å². The van der Waals surface area contributed by atoms with E-state index in [1.165, 1.54) is 7.11 Å². The van der Waals surface area contributed by atoms with E-state index in [1.54, 1.807) is 6.92 Å².